The van der Waals surface area contributed by atoms with Gasteiger partial charge in [-0.2, -0.15) is 0 Å². The van der Waals surface area contributed by atoms with Crippen LogP contribution in [-0.4, -0.2) is 30.9 Å². The topological polar surface area (TPSA) is 69.7 Å². The molecular weight excluding hydrogens is 284 g/mol. The summed E-state index contributed by atoms with van der Waals surface area (Å²) in [5, 5.41) is 0. The molecule has 0 saturated carbocycles. The minimum atomic E-state index is -0.940. The predicted octanol–water partition coefficient (Wildman–Crippen LogP) is 2.93. The van der Waals surface area contributed by atoms with Gasteiger partial charge in [-0.05, 0) is 6.42 Å². The molecule has 0 bridgehead atoms. The number of unbranched alkanes of at least 4 members (excludes halogenated alkanes) is 3. The first-order valence-electron chi connectivity index (χ1n) is 7.57. The second-order valence-electron chi connectivity index (χ2n) is 4.86. The zero-order chi connectivity index (χ0) is 16.2. The Morgan fingerprint density at radius 2 is 1.59 bits per heavy atom. The lowest BCUT2D eigenvalue weighted by molar-refractivity contribution is -0.149. The predicted molar refractivity (Wildman–Crippen MR) is 81.4 cm³/mol. The van der Waals surface area contributed by atoms with Crippen LogP contribution in [0.4, 0.5) is 0 Å². The van der Waals surface area contributed by atoms with Gasteiger partial charge in [0.2, 0.25) is 0 Å². The number of hydrogen-bond acceptors (Lipinski definition) is 5. The van der Waals surface area contributed by atoms with E-state index in [2.05, 4.69) is 6.92 Å². The Morgan fingerprint density at radius 1 is 0.909 bits per heavy atom. The molecule has 0 heterocycles. The number of carbonyl (C=O) groups is 3. The van der Waals surface area contributed by atoms with Crippen molar-refractivity contribution in [2.24, 2.45) is 0 Å². The highest BCUT2D eigenvalue weighted by atomic mass is 16.6. The van der Waals surface area contributed by atoms with Crippen LogP contribution < -0.4 is 0 Å². The van der Waals surface area contributed by atoms with E-state index in [0.717, 1.165) is 25.7 Å². The Hall–Kier alpha value is -2.17. The first-order chi connectivity index (χ1) is 10.6. The minimum absolute atomic E-state index is 0.0274. The molecule has 5 heteroatoms. The lowest BCUT2D eigenvalue weighted by Crippen LogP contribution is -2.20. The molecule has 0 radical (unpaired) electrons. The summed E-state index contributed by atoms with van der Waals surface area (Å²) in [5.41, 5.74) is 0.278. The summed E-state index contributed by atoms with van der Waals surface area (Å²) >= 11 is 0. The standard InChI is InChI=1S/C17H22O5/c1-2-3-4-8-11-15(18)21-12-13-22-17(20)16(19)14-9-6-5-7-10-14/h5-7,9-10H,2-4,8,11-13H2,1H3. The lowest BCUT2D eigenvalue weighted by atomic mass is 10.1. The average molecular weight is 306 g/mol. The van der Waals surface area contributed by atoms with Gasteiger partial charge in [0, 0.05) is 12.0 Å². The summed E-state index contributed by atoms with van der Waals surface area (Å²) in [7, 11) is 0. The Balaban J connectivity index is 2.15. The molecule has 120 valence electrons. The zero-order valence-corrected chi connectivity index (χ0v) is 12.9. The molecule has 0 spiro atoms. The molecule has 0 unspecified atom stereocenters. The first kappa shape index (κ1) is 17.9. The third-order valence-electron chi connectivity index (χ3n) is 3.04. The van der Waals surface area contributed by atoms with E-state index in [1.165, 1.54) is 0 Å². The van der Waals surface area contributed by atoms with E-state index in [1.54, 1.807) is 30.3 Å². The Kier molecular flexibility index (Phi) is 8.57. The van der Waals surface area contributed by atoms with Crippen LogP contribution in [0, 0.1) is 0 Å². The van der Waals surface area contributed by atoms with Crippen molar-refractivity contribution in [1.29, 1.82) is 0 Å². The van der Waals surface area contributed by atoms with Gasteiger partial charge in [-0.1, -0.05) is 56.5 Å². The maximum absolute atomic E-state index is 11.7. The highest BCUT2D eigenvalue weighted by Gasteiger charge is 2.17. The van der Waals surface area contributed by atoms with Crippen LogP contribution >= 0.6 is 0 Å². The van der Waals surface area contributed by atoms with E-state index >= 15 is 0 Å². The van der Waals surface area contributed by atoms with E-state index < -0.39 is 11.8 Å². The molecule has 22 heavy (non-hydrogen) atoms. The smallest absolute Gasteiger partial charge is 0.379 e. The van der Waals surface area contributed by atoms with Crippen LogP contribution in [0.2, 0.25) is 0 Å². The number of esters is 2. The van der Waals surface area contributed by atoms with Crippen molar-refractivity contribution in [1.82, 2.24) is 0 Å². The number of Topliss-reactive ketones (excluding diaryl/α,β-unsaturated/α-hetero) is 1. The Labute approximate surface area is 130 Å². The fraction of sp³-hybridized carbons (Fsp3) is 0.471. The maximum atomic E-state index is 11.7. The normalized spacial score (nSPS) is 10.0. The number of hydrogen-bond donors (Lipinski definition) is 0. The van der Waals surface area contributed by atoms with Crippen LogP contribution in [-0.2, 0) is 19.1 Å². The highest BCUT2D eigenvalue weighted by Crippen LogP contribution is 2.04. The average Bonchev–Trinajstić information content (AvgIpc) is 2.55. The first-order valence-corrected chi connectivity index (χ1v) is 7.57. The van der Waals surface area contributed by atoms with E-state index in [1.807, 2.05) is 0 Å². The van der Waals surface area contributed by atoms with Crippen molar-refractivity contribution in [3.8, 4) is 0 Å². The molecule has 1 aromatic rings. The van der Waals surface area contributed by atoms with E-state index in [-0.39, 0.29) is 24.7 Å². The molecule has 0 aliphatic rings. The molecule has 5 nitrogen and oxygen atoms in total. The van der Waals surface area contributed by atoms with Crippen LogP contribution in [0.25, 0.3) is 0 Å². The van der Waals surface area contributed by atoms with Gasteiger partial charge in [0.05, 0.1) is 0 Å². The van der Waals surface area contributed by atoms with Crippen LogP contribution in [0.3, 0.4) is 0 Å². The number of carbonyl (C=O) groups excluding carboxylic acids is 3. The lowest BCUT2D eigenvalue weighted by Gasteiger charge is -2.06. The summed E-state index contributed by atoms with van der Waals surface area (Å²) in [4.78, 5) is 34.6. The largest absolute Gasteiger partial charge is 0.462 e. The molecule has 1 rings (SSSR count). The SMILES string of the molecule is CCCCCCC(=O)OCCOC(=O)C(=O)c1ccccc1. The molecule has 0 aliphatic heterocycles. The van der Waals surface area contributed by atoms with Gasteiger partial charge >= 0.3 is 11.9 Å². The van der Waals surface area contributed by atoms with Crippen LogP contribution in [0.5, 0.6) is 0 Å². The Bertz CT molecular complexity index is 481. The highest BCUT2D eigenvalue weighted by molar-refractivity contribution is 6.40. The van der Waals surface area contributed by atoms with Crippen molar-refractivity contribution < 1.29 is 23.9 Å². The summed E-state index contributed by atoms with van der Waals surface area (Å²) < 4.78 is 9.72. The van der Waals surface area contributed by atoms with E-state index in [0.29, 0.717) is 6.42 Å². The molecule has 0 atom stereocenters. The number of ketones is 1. The molecule has 0 amide bonds. The van der Waals surface area contributed by atoms with Crippen LogP contribution in [0.1, 0.15) is 49.4 Å². The monoisotopic (exact) mass is 306 g/mol. The summed E-state index contributed by atoms with van der Waals surface area (Å²) in [5.74, 6) is -1.95. The Morgan fingerprint density at radius 3 is 2.27 bits per heavy atom. The zero-order valence-electron chi connectivity index (χ0n) is 12.9. The van der Waals surface area contributed by atoms with Crippen molar-refractivity contribution in [3.05, 3.63) is 35.9 Å². The summed E-state index contributed by atoms with van der Waals surface area (Å²) in [6.45, 7) is 1.96. The minimum Gasteiger partial charge on any atom is -0.462 e. The molecule has 0 N–H and O–H groups in total. The molecule has 0 fully saturated rings. The van der Waals surface area contributed by atoms with E-state index in [9.17, 15) is 14.4 Å². The van der Waals surface area contributed by atoms with Gasteiger partial charge < -0.3 is 9.47 Å². The van der Waals surface area contributed by atoms with Gasteiger partial charge in [-0.3, -0.25) is 9.59 Å². The molecule has 0 aliphatic carbocycles. The third-order valence-corrected chi connectivity index (χ3v) is 3.04. The fourth-order valence-corrected chi connectivity index (χ4v) is 1.83. The number of benzene rings is 1. The molecular formula is C17H22O5. The van der Waals surface area contributed by atoms with Crippen molar-refractivity contribution in [2.75, 3.05) is 13.2 Å². The van der Waals surface area contributed by atoms with Crippen molar-refractivity contribution >= 4 is 17.7 Å². The van der Waals surface area contributed by atoms with Crippen molar-refractivity contribution in [2.45, 2.75) is 39.0 Å². The molecule has 0 aromatic heterocycles. The second-order valence-corrected chi connectivity index (χ2v) is 4.86. The van der Waals surface area contributed by atoms with Gasteiger partial charge in [0.1, 0.15) is 13.2 Å². The number of rotatable bonds is 10. The summed E-state index contributed by atoms with van der Waals surface area (Å²) in [6, 6.07) is 8.17. The van der Waals surface area contributed by atoms with Gasteiger partial charge in [-0.25, -0.2) is 4.79 Å². The molecule has 1 aromatic carbocycles. The van der Waals surface area contributed by atoms with Crippen molar-refractivity contribution in [3.63, 3.8) is 0 Å². The molecule has 0 saturated heterocycles. The van der Waals surface area contributed by atoms with Crippen LogP contribution in [0.15, 0.2) is 30.3 Å². The maximum Gasteiger partial charge on any atom is 0.379 e. The van der Waals surface area contributed by atoms with Gasteiger partial charge in [-0.15, -0.1) is 0 Å². The second kappa shape index (κ2) is 10.5. The van der Waals surface area contributed by atoms with E-state index in [4.69, 9.17) is 9.47 Å². The third kappa shape index (κ3) is 7.02. The number of ether oxygens (including phenoxy) is 2. The fourth-order valence-electron chi connectivity index (χ4n) is 1.83. The van der Waals surface area contributed by atoms with Gasteiger partial charge in [0.15, 0.2) is 0 Å². The van der Waals surface area contributed by atoms with Gasteiger partial charge in [0.25, 0.3) is 5.78 Å². The quantitative estimate of drug-likeness (QED) is 0.288. The summed E-state index contributed by atoms with van der Waals surface area (Å²) in [6.07, 6.45) is 4.40.